The number of halogens is 1. The van der Waals surface area contributed by atoms with E-state index in [9.17, 15) is 30.6 Å². The molecule has 0 fully saturated rings. The van der Waals surface area contributed by atoms with Gasteiger partial charge in [0.15, 0.2) is 0 Å². The Balaban J connectivity index is -0.000000480. The molecule has 0 saturated heterocycles. The van der Waals surface area contributed by atoms with E-state index in [1.165, 1.54) is 72.8 Å². The largest absolute Gasteiger partial charge is 3.00 e. The van der Waals surface area contributed by atoms with Crippen molar-refractivity contribution in [3.8, 4) is 0 Å². The molecule has 12 nitrogen and oxygen atoms in total. The van der Waals surface area contributed by atoms with Gasteiger partial charge in [0.2, 0.25) is 0 Å². The number of rotatable bonds is 6. The Kier molecular flexibility index (Phi) is 19.2. The predicted octanol–water partition coefficient (Wildman–Crippen LogP) is -3.17. The second kappa shape index (κ2) is 19.0. The summed E-state index contributed by atoms with van der Waals surface area (Å²) in [6, 6.07) is 16.3. The van der Waals surface area contributed by atoms with Crippen LogP contribution in [0.2, 0.25) is 0 Å². The summed E-state index contributed by atoms with van der Waals surface area (Å²) in [5, 5.41) is 103. The van der Waals surface area contributed by atoms with Crippen LogP contribution in [0.5, 0.6) is 0 Å². The second-order valence-corrected chi connectivity index (χ2v) is 6.71. The molecule has 3 rings (SSSR count). The summed E-state index contributed by atoms with van der Waals surface area (Å²) in [4.78, 5) is 0. The molecule has 0 aliphatic carbocycles. The molecule has 0 radical (unpaired) electrons. The summed E-state index contributed by atoms with van der Waals surface area (Å²) >= 11 is 0. The number of hydrogen-bond acceptors (Lipinski definition) is 12. The van der Waals surface area contributed by atoms with Gasteiger partial charge in [-0.15, -0.1) is 12.4 Å². The monoisotopic (exact) mass is 576 g/mol. The summed E-state index contributed by atoms with van der Waals surface area (Å²) in [6.45, 7) is 0. The van der Waals surface area contributed by atoms with Crippen LogP contribution in [0.4, 0.5) is 0 Å². The first-order valence-corrected chi connectivity index (χ1v) is 9.69. The van der Waals surface area contributed by atoms with Crippen molar-refractivity contribution in [2.45, 2.75) is 0 Å². The van der Waals surface area contributed by atoms with Gasteiger partial charge in [-0.1, -0.05) is 72.8 Å². The molecule has 0 aliphatic heterocycles. The maximum atomic E-state index is 10.5. The van der Waals surface area contributed by atoms with E-state index in [1.54, 1.807) is 0 Å². The fourth-order valence-electron chi connectivity index (χ4n) is 2.32. The van der Waals surface area contributed by atoms with Gasteiger partial charge in [0.25, 0.3) is 0 Å². The Bertz CT molecular complexity index is 1030. The molecular formula is C24H19Al2ClN6O6. The molecule has 3 aromatic rings. The van der Waals surface area contributed by atoms with Gasteiger partial charge in [0.05, 0.1) is 0 Å². The number of nitrogens with one attached hydrogen (secondary N) is 6. The molecule has 0 amide bonds. The minimum absolute atomic E-state index is 0. The van der Waals surface area contributed by atoms with Crippen LogP contribution in [0.1, 0.15) is 33.4 Å². The van der Waals surface area contributed by atoms with Gasteiger partial charge in [-0.25, -0.2) is 0 Å². The van der Waals surface area contributed by atoms with Crippen molar-refractivity contribution in [2.75, 3.05) is 0 Å². The standard InChI is InChI=1S/3C8H8N2O2.2Al.ClH/c3*9-7(11)5-1-2-6(4-3-5)8(10)12;;;/h3*1-4H,(H2,9,11)(H2,10,12);;;1H/q;;;2*+3;/p-6. The van der Waals surface area contributed by atoms with E-state index < -0.39 is 35.4 Å². The first kappa shape index (κ1) is 39.3. The van der Waals surface area contributed by atoms with Crippen molar-refractivity contribution in [1.82, 2.24) is 0 Å². The van der Waals surface area contributed by atoms with Gasteiger partial charge in [0.1, 0.15) is 0 Å². The quantitative estimate of drug-likeness (QED) is 0.0998. The Morgan fingerprint density at radius 3 is 0.436 bits per heavy atom. The molecule has 0 saturated carbocycles. The Hall–Kier alpha value is -4.17. The summed E-state index contributed by atoms with van der Waals surface area (Å²) in [6.07, 6.45) is 0. The van der Waals surface area contributed by atoms with E-state index >= 15 is 0 Å². The van der Waals surface area contributed by atoms with E-state index in [0.29, 0.717) is 0 Å². The normalized spacial score (nSPS) is 8.62. The van der Waals surface area contributed by atoms with Gasteiger partial charge in [-0.3, -0.25) is 0 Å². The molecule has 6 N–H and O–H groups in total. The third-order valence-electron chi connectivity index (χ3n) is 4.23. The molecule has 0 atom stereocenters. The van der Waals surface area contributed by atoms with Crippen LogP contribution in [-0.2, 0) is 0 Å². The van der Waals surface area contributed by atoms with Crippen molar-refractivity contribution >= 4 is 82.5 Å². The van der Waals surface area contributed by atoms with Crippen LogP contribution in [0.3, 0.4) is 0 Å². The van der Waals surface area contributed by atoms with Crippen molar-refractivity contribution in [1.29, 1.82) is 32.5 Å². The summed E-state index contributed by atoms with van der Waals surface area (Å²) in [7, 11) is 0. The minimum Gasteiger partial charge on any atom is -0.859 e. The zero-order valence-corrected chi connectivity index (χ0v) is 23.1. The zero-order chi connectivity index (χ0) is 27.4. The van der Waals surface area contributed by atoms with Crippen LogP contribution in [0.15, 0.2) is 72.8 Å². The van der Waals surface area contributed by atoms with E-state index in [2.05, 4.69) is 0 Å². The smallest absolute Gasteiger partial charge is 0.859 e. The molecule has 0 unspecified atom stereocenters. The van der Waals surface area contributed by atoms with Crippen molar-refractivity contribution < 1.29 is 30.6 Å². The van der Waals surface area contributed by atoms with Gasteiger partial charge in [0, 0.05) is 0 Å². The second-order valence-electron chi connectivity index (χ2n) is 6.71. The van der Waals surface area contributed by atoms with Gasteiger partial charge >= 0.3 is 34.7 Å². The van der Waals surface area contributed by atoms with Crippen LogP contribution >= 0.6 is 12.4 Å². The Morgan fingerprint density at radius 1 is 0.308 bits per heavy atom. The van der Waals surface area contributed by atoms with Crippen LogP contribution in [-0.4, -0.2) is 70.1 Å². The summed E-state index contributed by atoms with van der Waals surface area (Å²) in [5.41, 5.74) is 1.33. The topological polar surface area (TPSA) is 281 Å². The molecule has 0 bridgehead atoms. The van der Waals surface area contributed by atoms with Gasteiger partial charge in [-0.2, -0.15) is 0 Å². The Morgan fingerprint density at radius 2 is 0.385 bits per heavy atom. The molecular weight excluding hydrogens is 558 g/mol. The average Bonchev–Trinajstić information content (AvgIpc) is 2.84. The average molecular weight is 577 g/mol. The van der Waals surface area contributed by atoms with Crippen molar-refractivity contribution in [2.24, 2.45) is 0 Å². The first-order chi connectivity index (χ1) is 16.8. The molecule has 39 heavy (non-hydrogen) atoms. The first-order valence-electron chi connectivity index (χ1n) is 9.69. The molecule has 0 heterocycles. The van der Waals surface area contributed by atoms with E-state index in [4.69, 9.17) is 32.5 Å². The van der Waals surface area contributed by atoms with Gasteiger partial charge in [-0.05, 0) is 68.8 Å². The van der Waals surface area contributed by atoms with E-state index in [-0.39, 0.29) is 80.5 Å². The zero-order valence-electron chi connectivity index (χ0n) is 19.9. The van der Waals surface area contributed by atoms with Crippen molar-refractivity contribution in [3.05, 3.63) is 106 Å². The maximum absolute atomic E-state index is 10.5. The van der Waals surface area contributed by atoms with Crippen LogP contribution in [0, 0.1) is 32.5 Å². The minimum atomic E-state index is -0.793. The van der Waals surface area contributed by atoms with Gasteiger partial charge < -0.3 is 63.1 Å². The van der Waals surface area contributed by atoms with E-state index in [1.807, 2.05) is 0 Å². The van der Waals surface area contributed by atoms with Crippen molar-refractivity contribution in [3.63, 3.8) is 0 Å². The molecule has 0 spiro atoms. The molecule has 194 valence electrons. The fraction of sp³-hybridized carbons (Fsp3) is 0. The molecule has 0 aliphatic rings. The van der Waals surface area contributed by atoms with Crippen LogP contribution in [0.25, 0.3) is 0 Å². The third-order valence-corrected chi connectivity index (χ3v) is 4.23. The Labute approximate surface area is 251 Å². The summed E-state index contributed by atoms with van der Waals surface area (Å²) in [5.74, 6) is -4.76. The van der Waals surface area contributed by atoms with E-state index in [0.717, 1.165) is 0 Å². The summed E-state index contributed by atoms with van der Waals surface area (Å²) < 4.78 is 0. The maximum Gasteiger partial charge on any atom is 3.00 e. The van der Waals surface area contributed by atoms with Crippen LogP contribution < -0.4 is 30.6 Å². The number of hydrogen-bond donors (Lipinski definition) is 6. The predicted molar refractivity (Wildman–Crippen MR) is 139 cm³/mol. The SMILES string of the molecule is Cl.N=C([O-])c1ccc(C(=N)[O-])cc1.N=C([O-])c1ccc(C(=N)[O-])cc1.N=C([O-])c1ccc(C(=N)[O-])cc1.[Al+3].[Al+3]. The molecule has 0 aromatic heterocycles. The third kappa shape index (κ3) is 13.8. The molecule has 3 aromatic carbocycles. The number of benzene rings is 3. The fourth-order valence-corrected chi connectivity index (χ4v) is 2.32. The molecule has 15 heteroatoms.